The molecule has 0 saturated carbocycles. The summed E-state index contributed by atoms with van der Waals surface area (Å²) in [5.41, 5.74) is 2.27. The van der Waals surface area contributed by atoms with Crippen molar-refractivity contribution in [3.8, 4) is 5.75 Å². The number of hydrogen-bond acceptors (Lipinski definition) is 4. The summed E-state index contributed by atoms with van der Waals surface area (Å²) in [6.45, 7) is 8.22. The van der Waals surface area contributed by atoms with Crippen molar-refractivity contribution in [1.29, 1.82) is 0 Å². The lowest BCUT2D eigenvalue weighted by molar-refractivity contribution is 0.109. The second-order valence-corrected chi connectivity index (χ2v) is 5.34. The van der Waals surface area contributed by atoms with Crippen LogP contribution in [0.25, 0.3) is 0 Å². The second-order valence-electron chi connectivity index (χ2n) is 4.43. The fourth-order valence-corrected chi connectivity index (χ4v) is 2.50. The van der Waals surface area contributed by atoms with E-state index in [9.17, 15) is 0 Å². The van der Waals surface area contributed by atoms with Crippen LogP contribution in [0.1, 0.15) is 18.1 Å². The molecule has 0 aliphatic rings. The molecule has 0 atom stereocenters. The smallest absolute Gasteiger partial charge is 0.126 e. The lowest BCUT2D eigenvalue weighted by Gasteiger charge is -2.15. The molecule has 0 radical (unpaired) electrons. The Morgan fingerprint density at radius 1 is 1.20 bits per heavy atom. The van der Waals surface area contributed by atoms with Crippen molar-refractivity contribution in [2.24, 2.45) is 0 Å². The van der Waals surface area contributed by atoms with Gasteiger partial charge < -0.3 is 19.5 Å². The Hall–Kier alpha value is -0.620. The van der Waals surface area contributed by atoms with E-state index in [1.807, 2.05) is 6.92 Å². The van der Waals surface area contributed by atoms with Gasteiger partial charge in [0.1, 0.15) is 12.4 Å². The van der Waals surface area contributed by atoms with Crippen molar-refractivity contribution in [2.45, 2.75) is 20.4 Å². The van der Waals surface area contributed by atoms with E-state index < -0.39 is 0 Å². The molecule has 0 amide bonds. The van der Waals surface area contributed by atoms with Crippen LogP contribution in [-0.2, 0) is 16.0 Å². The zero-order valence-electron chi connectivity index (χ0n) is 12.5. The molecule has 1 N–H and O–H groups in total. The molecule has 0 bridgehead atoms. The molecule has 0 aliphatic heterocycles. The first-order valence-corrected chi connectivity index (χ1v) is 7.67. The Kier molecular flexibility index (Phi) is 8.85. The van der Waals surface area contributed by atoms with E-state index in [1.54, 1.807) is 7.11 Å². The molecule has 0 aromatic heterocycles. The summed E-state index contributed by atoms with van der Waals surface area (Å²) in [5, 5.41) is 3.34. The molecule has 114 valence electrons. The highest BCUT2D eigenvalue weighted by Crippen LogP contribution is 2.28. The van der Waals surface area contributed by atoms with Crippen molar-refractivity contribution < 1.29 is 14.2 Å². The van der Waals surface area contributed by atoms with Gasteiger partial charge in [0.25, 0.3) is 0 Å². The molecule has 5 heteroatoms. The lowest BCUT2D eigenvalue weighted by Crippen LogP contribution is -2.19. The summed E-state index contributed by atoms with van der Waals surface area (Å²) in [5.74, 6) is 0.942. The Morgan fingerprint density at radius 3 is 2.70 bits per heavy atom. The summed E-state index contributed by atoms with van der Waals surface area (Å²) < 4.78 is 17.3. The van der Waals surface area contributed by atoms with Crippen molar-refractivity contribution in [1.82, 2.24) is 5.32 Å². The van der Waals surface area contributed by atoms with Gasteiger partial charge >= 0.3 is 0 Å². The highest BCUT2D eigenvalue weighted by atomic mass is 79.9. The highest BCUT2D eigenvalue weighted by Gasteiger charge is 2.09. The molecular weight excluding hydrogens is 322 g/mol. The molecule has 20 heavy (non-hydrogen) atoms. The van der Waals surface area contributed by atoms with Crippen LogP contribution in [0.5, 0.6) is 5.75 Å². The number of ether oxygens (including phenoxy) is 3. The average molecular weight is 346 g/mol. The maximum absolute atomic E-state index is 5.86. The topological polar surface area (TPSA) is 39.7 Å². The molecule has 4 nitrogen and oxygen atoms in total. The van der Waals surface area contributed by atoms with Gasteiger partial charge in [0.05, 0.1) is 13.2 Å². The third kappa shape index (κ3) is 6.22. The monoisotopic (exact) mass is 345 g/mol. The molecule has 0 aliphatic carbocycles. The third-order valence-electron chi connectivity index (χ3n) is 2.79. The van der Waals surface area contributed by atoms with Crippen LogP contribution in [0.3, 0.4) is 0 Å². The SMILES string of the molecule is CCOCCOc1c(C)cc(Br)cc1CNCCOC. The highest BCUT2D eigenvalue weighted by molar-refractivity contribution is 9.10. The number of benzene rings is 1. The van der Waals surface area contributed by atoms with Crippen LogP contribution in [0.4, 0.5) is 0 Å². The molecule has 0 fully saturated rings. The summed E-state index contributed by atoms with van der Waals surface area (Å²) in [6.07, 6.45) is 0. The van der Waals surface area contributed by atoms with E-state index in [1.165, 1.54) is 0 Å². The van der Waals surface area contributed by atoms with Crippen molar-refractivity contribution in [3.63, 3.8) is 0 Å². The predicted molar refractivity (Wildman–Crippen MR) is 84.4 cm³/mol. The number of hydrogen-bond donors (Lipinski definition) is 1. The van der Waals surface area contributed by atoms with Crippen LogP contribution in [0.2, 0.25) is 0 Å². The van der Waals surface area contributed by atoms with Gasteiger partial charge in [-0.1, -0.05) is 15.9 Å². The van der Waals surface area contributed by atoms with Gasteiger partial charge in [-0.25, -0.2) is 0 Å². The maximum atomic E-state index is 5.86. The second kappa shape index (κ2) is 10.2. The Bertz CT molecular complexity index is 399. The van der Waals surface area contributed by atoms with Gasteiger partial charge in [-0.2, -0.15) is 0 Å². The number of halogens is 1. The molecule has 0 spiro atoms. The van der Waals surface area contributed by atoms with Crippen LogP contribution in [0, 0.1) is 6.92 Å². The number of nitrogens with one attached hydrogen (secondary N) is 1. The summed E-state index contributed by atoms with van der Waals surface area (Å²) in [6, 6.07) is 4.15. The molecule has 0 unspecified atom stereocenters. The van der Waals surface area contributed by atoms with Crippen molar-refractivity contribution in [3.05, 3.63) is 27.7 Å². The van der Waals surface area contributed by atoms with Crippen LogP contribution < -0.4 is 10.1 Å². The lowest BCUT2D eigenvalue weighted by atomic mass is 10.1. The molecular formula is C15H24BrNO3. The third-order valence-corrected chi connectivity index (χ3v) is 3.25. The first-order valence-electron chi connectivity index (χ1n) is 6.88. The number of rotatable bonds is 10. The quantitative estimate of drug-likeness (QED) is 0.662. The van der Waals surface area contributed by atoms with E-state index >= 15 is 0 Å². The fraction of sp³-hybridized carbons (Fsp3) is 0.600. The van der Waals surface area contributed by atoms with Crippen molar-refractivity contribution >= 4 is 15.9 Å². The minimum absolute atomic E-state index is 0.571. The Labute approximate surface area is 129 Å². The van der Waals surface area contributed by atoms with Crippen LogP contribution >= 0.6 is 15.9 Å². The zero-order chi connectivity index (χ0) is 14.8. The normalized spacial score (nSPS) is 10.8. The first kappa shape index (κ1) is 17.4. The van der Waals surface area contributed by atoms with E-state index in [2.05, 4.69) is 40.3 Å². The number of aryl methyl sites for hydroxylation is 1. The summed E-state index contributed by atoms with van der Waals surface area (Å²) in [7, 11) is 1.70. The molecule has 1 aromatic carbocycles. The number of methoxy groups -OCH3 is 1. The van der Waals surface area contributed by atoms with Gasteiger partial charge in [0.15, 0.2) is 0 Å². The average Bonchev–Trinajstić information content (AvgIpc) is 2.41. The van der Waals surface area contributed by atoms with E-state index in [-0.39, 0.29) is 0 Å². The molecule has 0 heterocycles. The van der Waals surface area contributed by atoms with E-state index in [0.717, 1.165) is 34.4 Å². The van der Waals surface area contributed by atoms with E-state index in [0.29, 0.717) is 26.4 Å². The fourth-order valence-electron chi connectivity index (χ4n) is 1.88. The Morgan fingerprint density at radius 2 is 2.00 bits per heavy atom. The first-order chi connectivity index (χ1) is 9.69. The minimum Gasteiger partial charge on any atom is -0.491 e. The Balaban J connectivity index is 2.63. The van der Waals surface area contributed by atoms with Gasteiger partial charge in [0, 0.05) is 36.8 Å². The van der Waals surface area contributed by atoms with Gasteiger partial charge in [-0.15, -0.1) is 0 Å². The maximum Gasteiger partial charge on any atom is 0.126 e. The molecule has 1 aromatic rings. The summed E-state index contributed by atoms with van der Waals surface area (Å²) >= 11 is 3.53. The standard InChI is InChI=1S/C15H24BrNO3/c1-4-19-7-8-20-15-12(2)9-14(16)10-13(15)11-17-5-6-18-3/h9-10,17H,4-8,11H2,1-3H3. The van der Waals surface area contributed by atoms with Gasteiger partial charge in [0.2, 0.25) is 0 Å². The predicted octanol–water partition coefficient (Wildman–Crippen LogP) is 2.91. The van der Waals surface area contributed by atoms with E-state index in [4.69, 9.17) is 14.2 Å². The van der Waals surface area contributed by atoms with Crippen LogP contribution in [0.15, 0.2) is 16.6 Å². The minimum atomic E-state index is 0.571. The molecule has 0 saturated heterocycles. The van der Waals surface area contributed by atoms with Crippen LogP contribution in [-0.4, -0.2) is 40.1 Å². The van der Waals surface area contributed by atoms with Crippen molar-refractivity contribution in [2.75, 3.05) is 40.1 Å². The zero-order valence-corrected chi connectivity index (χ0v) is 14.1. The largest absolute Gasteiger partial charge is 0.491 e. The van der Waals surface area contributed by atoms with Gasteiger partial charge in [-0.3, -0.25) is 0 Å². The summed E-state index contributed by atoms with van der Waals surface area (Å²) in [4.78, 5) is 0. The molecule has 1 rings (SSSR count). The van der Waals surface area contributed by atoms with Gasteiger partial charge in [-0.05, 0) is 31.5 Å².